The van der Waals surface area contributed by atoms with Crippen LogP contribution in [0.15, 0.2) is 33.0 Å². The molecule has 2 aliphatic heterocycles. The molecule has 0 aliphatic carbocycles. The Bertz CT molecular complexity index is 1180. The van der Waals surface area contributed by atoms with Crippen LogP contribution in [0.1, 0.15) is 6.92 Å². The molecule has 134 valence electrons. The van der Waals surface area contributed by atoms with E-state index in [1.165, 1.54) is 32.7 Å². The number of hydrazone groups is 1. The summed E-state index contributed by atoms with van der Waals surface area (Å²) in [6.45, 7) is 1.78. The van der Waals surface area contributed by atoms with Crippen molar-refractivity contribution in [2.75, 3.05) is 19.0 Å². The standard InChI is InChI=1S/C17H15ClN4O2S2/c1-8-12(14(23)22(4)19-8)16-21(3)15(24)13(26-16)17-20(2)10-7-9(18)5-6-11(10)25-17/h5-7H,1-4H3. The molecular formula is C17H15ClN4O2S2. The Kier molecular flexibility index (Phi) is 4.02. The van der Waals surface area contributed by atoms with Gasteiger partial charge in [0.2, 0.25) is 0 Å². The van der Waals surface area contributed by atoms with E-state index in [1.807, 2.05) is 30.1 Å². The fraction of sp³-hybridized carbons (Fsp3) is 0.235. The highest BCUT2D eigenvalue weighted by Crippen LogP contribution is 2.46. The van der Waals surface area contributed by atoms with Crippen molar-refractivity contribution in [3.05, 3.63) is 42.8 Å². The first-order chi connectivity index (χ1) is 12.3. The van der Waals surface area contributed by atoms with Crippen LogP contribution in [0.3, 0.4) is 0 Å². The summed E-state index contributed by atoms with van der Waals surface area (Å²) in [6, 6.07) is 5.67. The zero-order valence-corrected chi connectivity index (χ0v) is 16.9. The van der Waals surface area contributed by atoms with E-state index < -0.39 is 0 Å². The average molecular weight is 407 g/mol. The van der Waals surface area contributed by atoms with E-state index in [4.69, 9.17) is 11.6 Å². The third-order valence-electron chi connectivity index (χ3n) is 4.37. The van der Waals surface area contributed by atoms with Crippen molar-refractivity contribution in [2.24, 2.45) is 12.1 Å². The fourth-order valence-corrected chi connectivity index (χ4v) is 5.69. The van der Waals surface area contributed by atoms with Gasteiger partial charge < -0.3 is 9.47 Å². The SMILES string of the molecule is CC1=NN(C)C(=O)C1=c1sc(=C2Sc3ccc(Cl)cc3N2C)c(=O)n1C. The van der Waals surface area contributed by atoms with E-state index in [-0.39, 0.29) is 11.5 Å². The first-order valence-corrected chi connectivity index (χ1v) is 9.80. The van der Waals surface area contributed by atoms with Crippen LogP contribution < -0.4 is 19.7 Å². The van der Waals surface area contributed by atoms with Gasteiger partial charge in [-0.05, 0) is 25.1 Å². The first kappa shape index (κ1) is 17.4. The molecule has 9 heteroatoms. The number of rotatable bonds is 0. The number of hydrogen-bond acceptors (Lipinski definition) is 6. The van der Waals surface area contributed by atoms with Gasteiger partial charge >= 0.3 is 0 Å². The summed E-state index contributed by atoms with van der Waals surface area (Å²) in [5.74, 6) is -0.196. The number of carbonyl (C=O) groups is 1. The summed E-state index contributed by atoms with van der Waals surface area (Å²) in [4.78, 5) is 28.3. The molecule has 6 nitrogen and oxygen atoms in total. The van der Waals surface area contributed by atoms with Crippen molar-refractivity contribution in [3.8, 4) is 0 Å². The average Bonchev–Trinajstić information content (AvgIpc) is 3.15. The van der Waals surface area contributed by atoms with Crippen LogP contribution in [0.2, 0.25) is 5.02 Å². The second-order valence-corrected chi connectivity index (χ2v) is 8.53. The molecule has 0 bridgehead atoms. The normalized spacial score (nSPS) is 20.8. The van der Waals surface area contributed by atoms with Crippen molar-refractivity contribution < 1.29 is 4.79 Å². The van der Waals surface area contributed by atoms with Gasteiger partial charge in [-0.25, -0.2) is 5.01 Å². The lowest BCUT2D eigenvalue weighted by atomic mass is 10.2. The third-order valence-corrected chi connectivity index (χ3v) is 7.22. The van der Waals surface area contributed by atoms with Crippen molar-refractivity contribution in [2.45, 2.75) is 11.8 Å². The van der Waals surface area contributed by atoms with E-state index in [1.54, 1.807) is 21.0 Å². The van der Waals surface area contributed by atoms with E-state index in [0.29, 0.717) is 25.5 Å². The lowest BCUT2D eigenvalue weighted by Crippen LogP contribution is -2.33. The fourth-order valence-electron chi connectivity index (χ4n) is 3.01. The molecule has 0 N–H and O–H groups in total. The van der Waals surface area contributed by atoms with Crippen LogP contribution in [-0.2, 0) is 11.8 Å². The Morgan fingerprint density at radius 3 is 2.54 bits per heavy atom. The highest BCUT2D eigenvalue weighted by atomic mass is 35.5. The van der Waals surface area contributed by atoms with Crippen molar-refractivity contribution >= 4 is 62.6 Å². The summed E-state index contributed by atoms with van der Waals surface area (Å²) in [5, 5.41) is 6.97. The van der Waals surface area contributed by atoms with Crippen LogP contribution in [0.25, 0.3) is 10.6 Å². The number of thioether (sulfide) groups is 1. The Morgan fingerprint density at radius 1 is 1.15 bits per heavy atom. The smallest absolute Gasteiger partial charge is 0.278 e. The largest absolute Gasteiger partial charge is 0.337 e. The Balaban J connectivity index is 2.00. The Hall–Kier alpha value is -2.03. The van der Waals surface area contributed by atoms with Gasteiger partial charge in [0, 0.05) is 31.1 Å². The maximum atomic E-state index is 12.9. The van der Waals surface area contributed by atoms with Crippen LogP contribution in [-0.4, -0.2) is 35.3 Å². The van der Waals surface area contributed by atoms with Gasteiger partial charge in [0.1, 0.15) is 14.2 Å². The minimum Gasteiger partial charge on any atom is -0.337 e. The lowest BCUT2D eigenvalue weighted by molar-refractivity contribution is -0.123. The number of thiazole rings is 1. The monoisotopic (exact) mass is 406 g/mol. The molecule has 0 atom stereocenters. The van der Waals surface area contributed by atoms with E-state index in [0.717, 1.165) is 15.6 Å². The summed E-state index contributed by atoms with van der Waals surface area (Å²) in [6.07, 6.45) is 0. The predicted octanol–water partition coefficient (Wildman–Crippen LogP) is 1.41. The molecule has 0 saturated heterocycles. The number of benzene rings is 1. The second kappa shape index (κ2) is 6.00. The molecule has 1 aromatic heterocycles. The molecule has 0 unspecified atom stereocenters. The highest BCUT2D eigenvalue weighted by Gasteiger charge is 2.29. The molecule has 0 fully saturated rings. The number of fused-ring (bicyclic) bond motifs is 1. The van der Waals surface area contributed by atoms with Gasteiger partial charge in [0.25, 0.3) is 11.5 Å². The van der Waals surface area contributed by atoms with E-state index in [9.17, 15) is 9.59 Å². The molecule has 2 aromatic rings. The molecule has 26 heavy (non-hydrogen) atoms. The first-order valence-electron chi connectivity index (χ1n) is 7.79. The second-order valence-electron chi connectivity index (χ2n) is 6.07. The maximum absolute atomic E-state index is 12.9. The van der Waals surface area contributed by atoms with Crippen molar-refractivity contribution in [1.82, 2.24) is 9.58 Å². The summed E-state index contributed by atoms with van der Waals surface area (Å²) in [7, 11) is 5.21. The molecule has 1 amide bonds. The van der Waals surface area contributed by atoms with Gasteiger partial charge in [0.15, 0.2) is 0 Å². The Labute approximate surface area is 162 Å². The van der Waals surface area contributed by atoms with E-state index in [2.05, 4.69) is 5.10 Å². The number of hydrogen-bond donors (Lipinski definition) is 0. The molecule has 0 spiro atoms. The van der Waals surface area contributed by atoms with Gasteiger partial charge in [-0.15, -0.1) is 11.3 Å². The van der Waals surface area contributed by atoms with Crippen LogP contribution in [0, 0.1) is 0 Å². The summed E-state index contributed by atoms with van der Waals surface area (Å²) >= 11 is 8.96. The third kappa shape index (κ3) is 2.44. The topological polar surface area (TPSA) is 57.9 Å². The summed E-state index contributed by atoms with van der Waals surface area (Å²) in [5.41, 5.74) is 1.95. The van der Waals surface area contributed by atoms with Gasteiger partial charge in [-0.3, -0.25) is 9.59 Å². The highest BCUT2D eigenvalue weighted by molar-refractivity contribution is 8.08. The number of amides is 1. The van der Waals surface area contributed by atoms with Crippen LogP contribution >= 0.6 is 34.7 Å². The molecule has 3 heterocycles. The van der Waals surface area contributed by atoms with Crippen molar-refractivity contribution in [3.63, 3.8) is 0 Å². The predicted molar refractivity (Wildman–Crippen MR) is 107 cm³/mol. The number of anilines is 1. The zero-order valence-electron chi connectivity index (χ0n) is 14.5. The number of aromatic nitrogens is 1. The maximum Gasteiger partial charge on any atom is 0.278 e. The quantitative estimate of drug-likeness (QED) is 0.663. The molecule has 0 radical (unpaired) electrons. The molecule has 1 aromatic carbocycles. The molecule has 2 aliphatic rings. The van der Waals surface area contributed by atoms with Crippen molar-refractivity contribution in [1.29, 1.82) is 0 Å². The van der Waals surface area contributed by atoms with Gasteiger partial charge in [-0.1, -0.05) is 23.4 Å². The van der Waals surface area contributed by atoms with Crippen LogP contribution in [0.4, 0.5) is 5.69 Å². The molecule has 0 saturated carbocycles. The lowest BCUT2D eigenvalue weighted by Gasteiger charge is -2.12. The molecule has 4 rings (SSSR count). The molecular weight excluding hydrogens is 392 g/mol. The van der Waals surface area contributed by atoms with E-state index >= 15 is 0 Å². The number of nitrogens with zero attached hydrogens (tertiary/aromatic N) is 4. The zero-order chi connectivity index (χ0) is 18.7. The van der Waals surface area contributed by atoms with Gasteiger partial charge in [-0.2, -0.15) is 5.10 Å². The van der Waals surface area contributed by atoms with Crippen LogP contribution in [0.5, 0.6) is 0 Å². The Morgan fingerprint density at radius 2 is 1.88 bits per heavy atom. The number of carbonyl (C=O) groups excluding carboxylic acids is 1. The minimum absolute atomic E-state index is 0.124. The number of halogens is 1. The summed E-state index contributed by atoms with van der Waals surface area (Å²) < 4.78 is 2.75. The minimum atomic E-state index is -0.196. The van der Waals surface area contributed by atoms with Gasteiger partial charge in [0.05, 0.1) is 17.0 Å².